The quantitative estimate of drug-likeness (QED) is 0.899. The zero-order valence-electron chi connectivity index (χ0n) is 12.4. The third-order valence-corrected chi connectivity index (χ3v) is 3.12. The largest absolute Gasteiger partial charge is 0.324 e. The Hall–Kier alpha value is -1.42. The van der Waals surface area contributed by atoms with Gasteiger partial charge in [-0.3, -0.25) is 0 Å². The van der Waals surface area contributed by atoms with Crippen LogP contribution >= 0.6 is 0 Å². The Morgan fingerprint density at radius 1 is 1.37 bits per heavy atom. The van der Waals surface area contributed by atoms with Crippen molar-refractivity contribution in [2.45, 2.75) is 59.0 Å². The second-order valence-corrected chi connectivity index (χ2v) is 6.06. The summed E-state index contributed by atoms with van der Waals surface area (Å²) in [5.41, 5.74) is 8.99. The molecule has 0 fully saturated rings. The van der Waals surface area contributed by atoms with Crippen molar-refractivity contribution >= 4 is 11.2 Å². The van der Waals surface area contributed by atoms with Crippen molar-refractivity contribution in [3.8, 4) is 0 Å². The van der Waals surface area contributed by atoms with Crippen LogP contribution in [-0.2, 0) is 13.0 Å². The van der Waals surface area contributed by atoms with Gasteiger partial charge in [0, 0.05) is 24.7 Å². The predicted molar refractivity (Wildman–Crippen MR) is 79.1 cm³/mol. The van der Waals surface area contributed by atoms with E-state index in [2.05, 4.69) is 22.5 Å². The number of rotatable bonds is 5. The van der Waals surface area contributed by atoms with Gasteiger partial charge in [-0.05, 0) is 38.8 Å². The zero-order chi connectivity index (χ0) is 14.0. The average molecular weight is 260 g/mol. The minimum absolute atomic E-state index is 0.263. The van der Waals surface area contributed by atoms with Gasteiger partial charge in [-0.1, -0.05) is 13.3 Å². The number of fused-ring (bicyclic) bond motifs is 1. The lowest BCUT2D eigenvalue weighted by Gasteiger charge is -2.21. The number of hydrogen-bond donors (Lipinski definition) is 1. The molecule has 0 radical (unpaired) electrons. The molecule has 0 bridgehead atoms. The lowest BCUT2D eigenvalue weighted by molar-refractivity contribution is 0.429. The number of unbranched alkanes of at least 4 members (excludes halogenated alkanes) is 1. The van der Waals surface area contributed by atoms with Gasteiger partial charge in [0.25, 0.3) is 0 Å². The molecular weight excluding hydrogens is 236 g/mol. The first-order chi connectivity index (χ1) is 8.90. The highest BCUT2D eigenvalue weighted by molar-refractivity contribution is 5.72. The molecule has 0 saturated heterocycles. The highest BCUT2D eigenvalue weighted by Gasteiger charge is 2.18. The van der Waals surface area contributed by atoms with Gasteiger partial charge >= 0.3 is 0 Å². The predicted octanol–water partition coefficient (Wildman–Crippen LogP) is 2.82. The maximum atomic E-state index is 6.17. The first kappa shape index (κ1) is 14.0. The fourth-order valence-electron chi connectivity index (χ4n) is 2.26. The summed E-state index contributed by atoms with van der Waals surface area (Å²) in [6.45, 7) is 9.07. The highest BCUT2D eigenvalue weighted by Crippen LogP contribution is 2.19. The van der Waals surface area contributed by atoms with Crippen LogP contribution in [0.1, 0.15) is 45.0 Å². The average Bonchev–Trinajstić information content (AvgIpc) is 2.62. The molecule has 2 N–H and O–H groups in total. The molecule has 0 saturated carbocycles. The van der Waals surface area contributed by atoms with Crippen molar-refractivity contribution < 1.29 is 0 Å². The van der Waals surface area contributed by atoms with Crippen LogP contribution < -0.4 is 5.73 Å². The molecule has 104 valence electrons. The van der Waals surface area contributed by atoms with Crippen LogP contribution in [0.2, 0.25) is 0 Å². The summed E-state index contributed by atoms with van der Waals surface area (Å²) in [6.07, 6.45) is 5.20. The van der Waals surface area contributed by atoms with E-state index in [0.717, 1.165) is 41.9 Å². The fraction of sp³-hybridized carbons (Fsp3) is 0.600. The lowest BCUT2D eigenvalue weighted by atomic mass is 10.1. The van der Waals surface area contributed by atoms with E-state index in [9.17, 15) is 0 Å². The van der Waals surface area contributed by atoms with Crippen LogP contribution in [0.15, 0.2) is 12.3 Å². The highest BCUT2D eigenvalue weighted by atomic mass is 15.1. The first-order valence-corrected chi connectivity index (χ1v) is 7.01. The number of nitrogens with zero attached hydrogens (tertiary/aromatic N) is 3. The number of pyridine rings is 1. The molecule has 4 heteroatoms. The van der Waals surface area contributed by atoms with Gasteiger partial charge in [-0.25, -0.2) is 9.97 Å². The van der Waals surface area contributed by atoms with Crippen molar-refractivity contribution in [2.75, 3.05) is 0 Å². The number of aryl methyl sites for hydroxylation is 2. The molecule has 0 aliphatic heterocycles. The summed E-state index contributed by atoms with van der Waals surface area (Å²) in [5.74, 6) is 1.11. The summed E-state index contributed by atoms with van der Waals surface area (Å²) in [4.78, 5) is 9.28. The maximum Gasteiger partial charge on any atom is 0.160 e. The Kier molecular flexibility index (Phi) is 3.90. The number of nitrogens with two attached hydrogens (primary N) is 1. The van der Waals surface area contributed by atoms with Crippen molar-refractivity contribution in [3.05, 3.63) is 23.7 Å². The molecule has 2 heterocycles. The number of imidazole rings is 1. The SMILES string of the molecule is CCCCc1nc2cc(C)cnc2n1CC(C)(C)N. The topological polar surface area (TPSA) is 56.7 Å². The molecule has 0 amide bonds. The fourth-order valence-corrected chi connectivity index (χ4v) is 2.26. The minimum Gasteiger partial charge on any atom is -0.324 e. The van der Waals surface area contributed by atoms with Gasteiger partial charge in [0.15, 0.2) is 5.65 Å². The molecule has 0 aliphatic carbocycles. The van der Waals surface area contributed by atoms with Crippen molar-refractivity contribution in [1.29, 1.82) is 0 Å². The molecule has 0 atom stereocenters. The molecule has 0 spiro atoms. The van der Waals surface area contributed by atoms with Gasteiger partial charge in [-0.2, -0.15) is 0 Å². The van der Waals surface area contributed by atoms with Crippen molar-refractivity contribution in [1.82, 2.24) is 14.5 Å². The Labute approximate surface area is 115 Å². The summed E-state index contributed by atoms with van der Waals surface area (Å²) in [6, 6.07) is 2.10. The molecule has 2 aromatic rings. The summed E-state index contributed by atoms with van der Waals surface area (Å²) >= 11 is 0. The maximum absolute atomic E-state index is 6.17. The summed E-state index contributed by atoms with van der Waals surface area (Å²) in [7, 11) is 0. The van der Waals surface area contributed by atoms with Crippen LogP contribution in [0.5, 0.6) is 0 Å². The van der Waals surface area contributed by atoms with Crippen LogP contribution in [0.25, 0.3) is 11.2 Å². The van der Waals surface area contributed by atoms with E-state index >= 15 is 0 Å². The normalized spacial score (nSPS) is 12.3. The van der Waals surface area contributed by atoms with E-state index in [-0.39, 0.29) is 5.54 Å². The van der Waals surface area contributed by atoms with Crippen LogP contribution in [-0.4, -0.2) is 20.1 Å². The van der Waals surface area contributed by atoms with Crippen molar-refractivity contribution in [2.24, 2.45) is 5.73 Å². The van der Waals surface area contributed by atoms with E-state index in [1.165, 1.54) is 6.42 Å². The lowest BCUT2D eigenvalue weighted by Crippen LogP contribution is -2.37. The van der Waals surface area contributed by atoms with Gasteiger partial charge in [0.05, 0.1) is 0 Å². The Bertz CT molecular complexity index is 563. The number of hydrogen-bond acceptors (Lipinski definition) is 3. The van der Waals surface area contributed by atoms with Gasteiger partial charge in [0.1, 0.15) is 11.3 Å². The molecule has 0 aromatic carbocycles. The van der Waals surface area contributed by atoms with E-state index in [1.54, 1.807) is 0 Å². The first-order valence-electron chi connectivity index (χ1n) is 7.01. The van der Waals surface area contributed by atoms with E-state index < -0.39 is 0 Å². The standard InChI is InChI=1S/C15H24N4/c1-5-6-7-13-18-12-8-11(2)9-17-14(12)19(13)10-15(3,4)16/h8-9H,5-7,10,16H2,1-4H3. The van der Waals surface area contributed by atoms with Gasteiger partial charge < -0.3 is 10.3 Å². The second-order valence-electron chi connectivity index (χ2n) is 6.06. The molecule has 2 aromatic heterocycles. The Morgan fingerprint density at radius 2 is 2.11 bits per heavy atom. The van der Waals surface area contributed by atoms with E-state index in [4.69, 9.17) is 10.7 Å². The molecule has 2 rings (SSSR count). The van der Waals surface area contributed by atoms with E-state index in [0.29, 0.717) is 0 Å². The molecule has 0 unspecified atom stereocenters. The number of aromatic nitrogens is 3. The third-order valence-electron chi connectivity index (χ3n) is 3.12. The Morgan fingerprint density at radius 3 is 2.74 bits per heavy atom. The monoisotopic (exact) mass is 260 g/mol. The summed E-state index contributed by atoms with van der Waals surface area (Å²) < 4.78 is 2.18. The third kappa shape index (κ3) is 3.32. The molecule has 0 aliphatic rings. The van der Waals surface area contributed by atoms with Crippen LogP contribution in [0, 0.1) is 6.92 Å². The minimum atomic E-state index is -0.263. The molecule has 4 nitrogen and oxygen atoms in total. The Balaban J connectivity index is 2.48. The van der Waals surface area contributed by atoms with Gasteiger partial charge in [0.2, 0.25) is 0 Å². The second kappa shape index (κ2) is 5.29. The van der Waals surface area contributed by atoms with Gasteiger partial charge in [-0.15, -0.1) is 0 Å². The van der Waals surface area contributed by atoms with Crippen LogP contribution in [0.4, 0.5) is 0 Å². The van der Waals surface area contributed by atoms with E-state index in [1.807, 2.05) is 27.0 Å². The van der Waals surface area contributed by atoms with Crippen molar-refractivity contribution in [3.63, 3.8) is 0 Å². The smallest absolute Gasteiger partial charge is 0.160 e. The zero-order valence-corrected chi connectivity index (χ0v) is 12.4. The van der Waals surface area contributed by atoms with Crippen LogP contribution in [0.3, 0.4) is 0 Å². The summed E-state index contributed by atoms with van der Waals surface area (Å²) in [5, 5.41) is 0. The molecular formula is C15H24N4. The molecule has 19 heavy (non-hydrogen) atoms.